The maximum atomic E-state index is 12.7. The second-order valence-electron chi connectivity index (χ2n) is 6.62. The molecule has 2 fully saturated rings. The average molecular weight is 378 g/mol. The Labute approximate surface area is 159 Å². The number of hydrogen-bond acceptors (Lipinski definition) is 7. The van der Waals surface area contributed by atoms with Crippen molar-refractivity contribution in [2.75, 3.05) is 0 Å². The van der Waals surface area contributed by atoms with Crippen molar-refractivity contribution in [2.24, 2.45) is 11.8 Å². The zero-order valence-corrected chi connectivity index (χ0v) is 14.4. The van der Waals surface area contributed by atoms with Gasteiger partial charge in [0.2, 0.25) is 5.88 Å². The highest BCUT2D eigenvalue weighted by Crippen LogP contribution is 2.45. The summed E-state index contributed by atoms with van der Waals surface area (Å²) in [6.07, 6.45) is 4.08. The van der Waals surface area contributed by atoms with E-state index in [0.29, 0.717) is 10.8 Å². The summed E-state index contributed by atoms with van der Waals surface area (Å²) in [6.45, 7) is 0. The molecule has 140 valence electrons. The van der Waals surface area contributed by atoms with Gasteiger partial charge in [0.05, 0.1) is 24.0 Å². The van der Waals surface area contributed by atoms with E-state index in [9.17, 15) is 14.4 Å². The lowest BCUT2D eigenvalue weighted by atomic mass is 9.85. The van der Waals surface area contributed by atoms with Crippen LogP contribution in [0.5, 0.6) is 11.6 Å². The maximum Gasteiger partial charge on any atom is 0.369 e. The van der Waals surface area contributed by atoms with E-state index in [0.717, 1.165) is 0 Å². The van der Waals surface area contributed by atoms with E-state index in [1.807, 2.05) is 6.07 Å². The Balaban J connectivity index is 1.37. The molecule has 1 aromatic carbocycles. The molecule has 5 rings (SSSR count). The van der Waals surface area contributed by atoms with Crippen molar-refractivity contribution < 1.29 is 28.7 Å². The van der Waals surface area contributed by atoms with Gasteiger partial charge in [-0.05, 0) is 24.3 Å². The van der Waals surface area contributed by atoms with Gasteiger partial charge in [0.1, 0.15) is 11.3 Å². The van der Waals surface area contributed by atoms with Crippen LogP contribution in [0.1, 0.15) is 10.4 Å². The number of pyridine rings is 1. The highest BCUT2D eigenvalue weighted by molar-refractivity contribution is 6.07. The van der Waals surface area contributed by atoms with Crippen molar-refractivity contribution in [3.8, 4) is 11.6 Å². The van der Waals surface area contributed by atoms with Gasteiger partial charge >= 0.3 is 5.97 Å². The lowest BCUT2D eigenvalue weighted by Gasteiger charge is -2.17. The zero-order valence-electron chi connectivity index (χ0n) is 14.4. The topological polar surface area (TPSA) is 95.0 Å². The number of amides is 2. The van der Waals surface area contributed by atoms with E-state index in [-0.39, 0.29) is 11.4 Å². The Kier molecular flexibility index (Phi) is 3.73. The molecule has 8 heteroatoms. The van der Waals surface area contributed by atoms with Crippen LogP contribution in [0.15, 0.2) is 60.8 Å². The van der Waals surface area contributed by atoms with Gasteiger partial charge in [-0.15, -0.1) is 5.06 Å². The molecule has 0 unspecified atom stereocenters. The molecular weight excluding hydrogens is 364 g/mol. The molecular formula is C20H14N2O6. The first-order valence-corrected chi connectivity index (χ1v) is 8.75. The Hall–Kier alpha value is -3.52. The van der Waals surface area contributed by atoms with Gasteiger partial charge < -0.3 is 14.3 Å². The molecule has 2 aromatic rings. The first kappa shape index (κ1) is 16.6. The summed E-state index contributed by atoms with van der Waals surface area (Å²) in [4.78, 5) is 47.1. The molecule has 8 nitrogen and oxygen atoms in total. The van der Waals surface area contributed by atoms with Crippen molar-refractivity contribution in [2.45, 2.75) is 12.2 Å². The third-order valence-corrected chi connectivity index (χ3v) is 4.99. The molecule has 1 aromatic heterocycles. The Morgan fingerprint density at radius 3 is 2.32 bits per heavy atom. The van der Waals surface area contributed by atoms with E-state index in [2.05, 4.69) is 4.98 Å². The predicted octanol–water partition coefficient (Wildman–Crippen LogP) is 1.88. The minimum atomic E-state index is -0.901. The van der Waals surface area contributed by atoms with E-state index in [1.54, 1.807) is 36.4 Å². The Morgan fingerprint density at radius 1 is 0.964 bits per heavy atom. The van der Waals surface area contributed by atoms with Crippen molar-refractivity contribution in [1.29, 1.82) is 0 Å². The summed E-state index contributed by atoms with van der Waals surface area (Å²) < 4.78 is 11.2. The fourth-order valence-corrected chi connectivity index (χ4v) is 3.73. The van der Waals surface area contributed by atoms with Crippen LogP contribution < -0.4 is 4.74 Å². The van der Waals surface area contributed by atoms with Crippen LogP contribution in [0.2, 0.25) is 0 Å². The largest absolute Gasteiger partial charge is 0.438 e. The Bertz CT molecular complexity index is 975. The molecule has 0 radical (unpaired) electrons. The molecule has 2 bridgehead atoms. The number of hydroxylamine groups is 2. The minimum Gasteiger partial charge on any atom is -0.438 e. The maximum absolute atomic E-state index is 12.7. The van der Waals surface area contributed by atoms with Gasteiger partial charge in [-0.3, -0.25) is 9.59 Å². The quantitative estimate of drug-likeness (QED) is 0.592. The van der Waals surface area contributed by atoms with Crippen LogP contribution in [0.25, 0.3) is 0 Å². The Morgan fingerprint density at radius 2 is 1.64 bits per heavy atom. The van der Waals surface area contributed by atoms with Gasteiger partial charge in [0.25, 0.3) is 11.8 Å². The van der Waals surface area contributed by atoms with E-state index in [1.165, 1.54) is 18.3 Å². The first-order valence-electron chi connectivity index (χ1n) is 8.75. The molecule has 2 amide bonds. The molecule has 0 saturated carbocycles. The molecule has 3 aliphatic heterocycles. The predicted molar refractivity (Wildman–Crippen MR) is 92.8 cm³/mol. The van der Waals surface area contributed by atoms with Gasteiger partial charge in [-0.25, -0.2) is 9.78 Å². The van der Waals surface area contributed by atoms with Crippen LogP contribution in [-0.4, -0.2) is 40.0 Å². The number of aromatic nitrogens is 1. The number of carbonyl (C=O) groups is 3. The number of ether oxygens (including phenoxy) is 2. The molecule has 4 atom stereocenters. The number of para-hydroxylation sites is 1. The van der Waals surface area contributed by atoms with Gasteiger partial charge in [-0.2, -0.15) is 0 Å². The standard InChI is InChI=1S/C20H14N2O6/c23-18-15-13-8-9-14(27-13)16(15)19(24)22(18)28-20(25)12-7-4-10-21-17(12)26-11-5-2-1-3-6-11/h1-10,13-16H/t13-,14-,15-,16-/m0/s1. The zero-order chi connectivity index (χ0) is 19.3. The second-order valence-corrected chi connectivity index (χ2v) is 6.62. The summed E-state index contributed by atoms with van der Waals surface area (Å²) in [6, 6.07) is 11.8. The van der Waals surface area contributed by atoms with Gasteiger partial charge in [-0.1, -0.05) is 30.4 Å². The molecule has 3 aliphatic rings. The van der Waals surface area contributed by atoms with Crippen LogP contribution in [0, 0.1) is 11.8 Å². The van der Waals surface area contributed by atoms with Crippen molar-refractivity contribution in [1.82, 2.24) is 10.0 Å². The summed E-state index contributed by atoms with van der Waals surface area (Å²) >= 11 is 0. The van der Waals surface area contributed by atoms with Gasteiger partial charge in [0, 0.05) is 6.20 Å². The molecule has 4 heterocycles. The molecule has 0 N–H and O–H groups in total. The lowest BCUT2D eigenvalue weighted by Crippen LogP contribution is -2.36. The third kappa shape index (κ3) is 2.49. The third-order valence-electron chi connectivity index (χ3n) is 4.99. The molecule has 28 heavy (non-hydrogen) atoms. The van der Waals surface area contributed by atoms with Gasteiger partial charge in [0.15, 0.2) is 0 Å². The van der Waals surface area contributed by atoms with Crippen molar-refractivity contribution >= 4 is 17.8 Å². The smallest absolute Gasteiger partial charge is 0.369 e. The number of hydrogen-bond donors (Lipinski definition) is 0. The number of fused-ring (bicyclic) bond motifs is 5. The van der Waals surface area contributed by atoms with Crippen LogP contribution in [-0.2, 0) is 19.2 Å². The number of imide groups is 1. The fraction of sp³-hybridized carbons (Fsp3) is 0.200. The SMILES string of the molecule is O=C(ON1C(=O)[C@@H]2[C@@H](C1=O)[C@@H]1C=C[C@@H]2O1)c1cccnc1Oc1ccccc1. The number of rotatable bonds is 4. The van der Waals surface area contributed by atoms with Crippen molar-refractivity contribution in [3.05, 3.63) is 66.4 Å². The van der Waals surface area contributed by atoms with E-state index in [4.69, 9.17) is 14.3 Å². The highest BCUT2D eigenvalue weighted by atomic mass is 16.7. The number of nitrogens with zero attached hydrogens (tertiary/aromatic N) is 2. The molecule has 2 saturated heterocycles. The summed E-state index contributed by atoms with van der Waals surface area (Å²) in [7, 11) is 0. The van der Waals surface area contributed by atoms with E-state index < -0.39 is 41.8 Å². The fourth-order valence-electron chi connectivity index (χ4n) is 3.73. The first-order chi connectivity index (χ1) is 13.6. The average Bonchev–Trinajstić information content (AvgIpc) is 3.39. The minimum absolute atomic E-state index is 0.00126. The normalized spacial score (nSPS) is 27.2. The monoisotopic (exact) mass is 378 g/mol. The van der Waals surface area contributed by atoms with Crippen molar-refractivity contribution in [3.63, 3.8) is 0 Å². The van der Waals surface area contributed by atoms with Crippen LogP contribution >= 0.6 is 0 Å². The van der Waals surface area contributed by atoms with E-state index >= 15 is 0 Å². The van der Waals surface area contributed by atoms with Crippen LogP contribution in [0.3, 0.4) is 0 Å². The lowest BCUT2D eigenvalue weighted by molar-refractivity contribution is -0.177. The number of carbonyl (C=O) groups excluding carboxylic acids is 3. The number of benzene rings is 1. The summed E-state index contributed by atoms with van der Waals surface area (Å²) in [5, 5.41) is 0.548. The molecule has 0 aliphatic carbocycles. The second kappa shape index (κ2) is 6.28. The highest BCUT2D eigenvalue weighted by Gasteiger charge is 2.62. The van der Waals surface area contributed by atoms with Crippen LogP contribution in [0.4, 0.5) is 0 Å². The summed E-state index contributed by atoms with van der Waals surface area (Å²) in [5.74, 6) is -2.85. The summed E-state index contributed by atoms with van der Waals surface area (Å²) in [5.41, 5.74) is 0.00126. The molecule has 0 spiro atoms.